The van der Waals surface area contributed by atoms with Crippen molar-refractivity contribution in [3.05, 3.63) is 52.4 Å². The maximum absolute atomic E-state index is 13.1. The van der Waals surface area contributed by atoms with Crippen LogP contribution in [0.5, 0.6) is 0 Å². The third-order valence-electron chi connectivity index (χ3n) is 4.78. The zero-order chi connectivity index (χ0) is 21.2. The normalized spacial score (nSPS) is 15.5. The number of sulfone groups is 1. The molecule has 1 aliphatic rings. The first-order chi connectivity index (χ1) is 13.7. The maximum Gasteiger partial charge on any atom is 0.264 e. The minimum Gasteiger partial charge on any atom is -0.298 e. The van der Waals surface area contributed by atoms with Gasteiger partial charge in [-0.3, -0.25) is 23.7 Å². The molecule has 8 nitrogen and oxygen atoms in total. The largest absolute Gasteiger partial charge is 0.298 e. The van der Waals surface area contributed by atoms with Crippen LogP contribution < -0.4 is 5.56 Å². The van der Waals surface area contributed by atoms with Gasteiger partial charge in [0, 0.05) is 37.4 Å². The highest BCUT2D eigenvalue weighted by molar-refractivity contribution is 7.90. The van der Waals surface area contributed by atoms with Gasteiger partial charge in [0.15, 0.2) is 17.3 Å². The Labute approximate surface area is 167 Å². The first kappa shape index (κ1) is 20.8. The second-order valence-electron chi connectivity index (χ2n) is 7.03. The van der Waals surface area contributed by atoms with Crippen molar-refractivity contribution in [2.75, 3.05) is 12.0 Å². The van der Waals surface area contributed by atoms with Gasteiger partial charge in [-0.2, -0.15) is 0 Å². The van der Waals surface area contributed by atoms with Crippen molar-refractivity contribution >= 4 is 27.2 Å². The minimum atomic E-state index is -3.39. The van der Waals surface area contributed by atoms with E-state index in [9.17, 15) is 27.6 Å². The van der Waals surface area contributed by atoms with E-state index < -0.39 is 38.7 Å². The van der Waals surface area contributed by atoms with E-state index in [1.165, 1.54) is 0 Å². The van der Waals surface area contributed by atoms with Crippen molar-refractivity contribution in [1.29, 1.82) is 0 Å². The van der Waals surface area contributed by atoms with Gasteiger partial charge in [0.1, 0.15) is 27.1 Å². The molecule has 2 aromatic rings. The van der Waals surface area contributed by atoms with E-state index in [1.54, 1.807) is 30.3 Å². The lowest BCUT2D eigenvalue weighted by Gasteiger charge is -2.19. The average molecular weight is 416 g/mol. The Morgan fingerprint density at radius 3 is 2.31 bits per heavy atom. The van der Waals surface area contributed by atoms with Crippen molar-refractivity contribution in [2.24, 2.45) is 5.92 Å². The van der Waals surface area contributed by atoms with Crippen LogP contribution >= 0.6 is 0 Å². The molecule has 0 spiro atoms. The predicted octanol–water partition coefficient (Wildman–Crippen LogP) is 1.08. The molecule has 0 radical (unpaired) electrons. The average Bonchev–Trinajstić information content (AvgIpc) is 2.66. The lowest BCUT2D eigenvalue weighted by molar-refractivity contribution is -0.133. The zero-order valence-corrected chi connectivity index (χ0v) is 16.6. The van der Waals surface area contributed by atoms with E-state index in [0.717, 1.165) is 17.0 Å². The molecule has 152 valence electrons. The second kappa shape index (κ2) is 8.20. The Morgan fingerprint density at radius 2 is 1.72 bits per heavy atom. The highest BCUT2D eigenvalue weighted by atomic mass is 32.2. The number of carbonyl (C=O) groups is 3. The van der Waals surface area contributed by atoms with Gasteiger partial charge in [-0.15, -0.1) is 0 Å². The van der Waals surface area contributed by atoms with Gasteiger partial charge in [-0.1, -0.05) is 30.3 Å². The van der Waals surface area contributed by atoms with E-state index in [0.29, 0.717) is 12.0 Å². The SMILES string of the molecule is CS(=O)(=O)CCn1c(-c2ccccc2)ncc(C(=O)C2C(=O)CCCC2=O)c1=O. The topological polar surface area (TPSA) is 120 Å². The molecule has 0 unspecified atom stereocenters. The molecule has 1 saturated carbocycles. The lowest BCUT2D eigenvalue weighted by atomic mass is 9.82. The molecule has 1 aromatic heterocycles. The fourth-order valence-corrected chi connectivity index (χ4v) is 3.81. The Bertz CT molecular complexity index is 1120. The molecule has 9 heteroatoms. The summed E-state index contributed by atoms with van der Waals surface area (Å²) in [5.74, 6) is -3.47. The number of hydrogen-bond donors (Lipinski definition) is 0. The van der Waals surface area contributed by atoms with E-state index in [1.807, 2.05) is 0 Å². The predicted molar refractivity (Wildman–Crippen MR) is 105 cm³/mol. The molecule has 0 aliphatic heterocycles. The number of nitrogens with zero attached hydrogens (tertiary/aromatic N) is 2. The van der Waals surface area contributed by atoms with Crippen LogP contribution in [0, 0.1) is 5.92 Å². The molecular weight excluding hydrogens is 396 g/mol. The van der Waals surface area contributed by atoms with Crippen molar-refractivity contribution < 1.29 is 22.8 Å². The molecule has 0 saturated heterocycles. The number of Topliss-reactive ketones (excluding diaryl/α,β-unsaturated/α-hetero) is 3. The van der Waals surface area contributed by atoms with Gasteiger partial charge in [-0.05, 0) is 6.42 Å². The number of aromatic nitrogens is 2. The molecule has 0 N–H and O–H groups in total. The van der Waals surface area contributed by atoms with Gasteiger partial charge in [0.05, 0.1) is 5.75 Å². The van der Waals surface area contributed by atoms with E-state index in [2.05, 4.69) is 4.98 Å². The molecule has 1 aromatic carbocycles. The van der Waals surface area contributed by atoms with Crippen LogP contribution in [-0.4, -0.2) is 47.3 Å². The highest BCUT2D eigenvalue weighted by Crippen LogP contribution is 2.21. The monoisotopic (exact) mass is 416 g/mol. The summed E-state index contributed by atoms with van der Waals surface area (Å²) in [6.45, 7) is -0.206. The highest BCUT2D eigenvalue weighted by Gasteiger charge is 2.38. The molecule has 1 fully saturated rings. The van der Waals surface area contributed by atoms with Crippen molar-refractivity contribution in [2.45, 2.75) is 25.8 Å². The van der Waals surface area contributed by atoms with Crippen molar-refractivity contribution in [3.8, 4) is 11.4 Å². The van der Waals surface area contributed by atoms with Crippen LogP contribution in [0.3, 0.4) is 0 Å². The summed E-state index contributed by atoms with van der Waals surface area (Å²) in [6.07, 6.45) is 2.73. The minimum absolute atomic E-state index is 0.111. The first-order valence-electron chi connectivity index (χ1n) is 9.11. The number of benzene rings is 1. The molecule has 0 bridgehead atoms. The van der Waals surface area contributed by atoms with Crippen LogP contribution in [0.25, 0.3) is 11.4 Å². The molecule has 0 atom stereocenters. The fourth-order valence-electron chi connectivity index (χ4n) is 3.30. The quantitative estimate of drug-likeness (QED) is 0.510. The number of hydrogen-bond acceptors (Lipinski definition) is 7. The summed E-state index contributed by atoms with van der Waals surface area (Å²) in [5.41, 5.74) is -0.577. The van der Waals surface area contributed by atoms with Crippen molar-refractivity contribution in [1.82, 2.24) is 9.55 Å². The molecule has 0 amide bonds. The van der Waals surface area contributed by atoms with E-state index >= 15 is 0 Å². The zero-order valence-electron chi connectivity index (χ0n) is 15.8. The molecule has 3 rings (SSSR count). The number of carbonyl (C=O) groups excluding carboxylic acids is 3. The molecule has 29 heavy (non-hydrogen) atoms. The standard InChI is InChI=1S/C20H20N2O6S/c1-29(27,28)11-10-22-19(13-6-3-2-4-7-13)21-12-14(20(22)26)18(25)17-15(23)8-5-9-16(17)24/h2-4,6-7,12,17H,5,8-11H2,1H3. The lowest BCUT2D eigenvalue weighted by Crippen LogP contribution is -2.39. The summed E-state index contributed by atoms with van der Waals surface area (Å²) < 4.78 is 24.4. The summed E-state index contributed by atoms with van der Waals surface area (Å²) in [7, 11) is -3.39. The summed E-state index contributed by atoms with van der Waals surface area (Å²) in [6, 6.07) is 8.66. The molecular formula is C20H20N2O6S. The van der Waals surface area contributed by atoms with E-state index in [-0.39, 0.29) is 36.5 Å². The fraction of sp³-hybridized carbons (Fsp3) is 0.350. The van der Waals surface area contributed by atoms with E-state index in [4.69, 9.17) is 0 Å². The summed E-state index contributed by atoms with van der Waals surface area (Å²) in [5, 5.41) is 0. The van der Waals surface area contributed by atoms with Gasteiger partial charge in [-0.25, -0.2) is 13.4 Å². The molecule has 1 aliphatic carbocycles. The molecule has 1 heterocycles. The third kappa shape index (κ3) is 4.56. The second-order valence-corrected chi connectivity index (χ2v) is 9.29. The Hall–Kier alpha value is -2.94. The van der Waals surface area contributed by atoms with Crippen LogP contribution in [0.15, 0.2) is 41.3 Å². The van der Waals surface area contributed by atoms with Crippen LogP contribution in [0.1, 0.15) is 29.6 Å². The van der Waals surface area contributed by atoms with Gasteiger partial charge in [0.2, 0.25) is 0 Å². The maximum atomic E-state index is 13.1. The van der Waals surface area contributed by atoms with Crippen LogP contribution in [0.4, 0.5) is 0 Å². The Morgan fingerprint density at radius 1 is 1.10 bits per heavy atom. The third-order valence-corrected chi connectivity index (χ3v) is 5.71. The number of rotatable bonds is 6. The summed E-state index contributed by atoms with van der Waals surface area (Å²) >= 11 is 0. The first-order valence-corrected chi connectivity index (χ1v) is 11.2. The van der Waals surface area contributed by atoms with Crippen LogP contribution in [0.2, 0.25) is 0 Å². The Kier molecular flexibility index (Phi) is 5.88. The van der Waals surface area contributed by atoms with Crippen LogP contribution in [-0.2, 0) is 26.0 Å². The summed E-state index contributed by atoms with van der Waals surface area (Å²) in [4.78, 5) is 54.3. The van der Waals surface area contributed by atoms with Gasteiger partial charge in [0.25, 0.3) is 5.56 Å². The smallest absolute Gasteiger partial charge is 0.264 e. The van der Waals surface area contributed by atoms with Crippen molar-refractivity contribution in [3.63, 3.8) is 0 Å². The van der Waals surface area contributed by atoms with Gasteiger partial charge < -0.3 is 0 Å². The van der Waals surface area contributed by atoms with Gasteiger partial charge >= 0.3 is 0 Å². The number of ketones is 3. The Balaban J connectivity index is 2.10.